The summed E-state index contributed by atoms with van der Waals surface area (Å²) in [6.45, 7) is 5.37. The molecule has 1 aromatic carbocycles. The number of ether oxygens (including phenoxy) is 1. The lowest BCUT2D eigenvalue weighted by Gasteiger charge is -2.14. The van der Waals surface area contributed by atoms with Crippen molar-refractivity contribution in [3.05, 3.63) is 29.8 Å². The van der Waals surface area contributed by atoms with E-state index in [1.54, 1.807) is 0 Å². The number of nitrogens with zero attached hydrogens (tertiary/aromatic N) is 1. The van der Waals surface area contributed by atoms with Gasteiger partial charge in [-0.3, -0.25) is 0 Å². The molecule has 0 spiro atoms. The van der Waals surface area contributed by atoms with Crippen molar-refractivity contribution in [3.63, 3.8) is 0 Å². The summed E-state index contributed by atoms with van der Waals surface area (Å²) >= 11 is 0. The largest absolute Gasteiger partial charge is 0.479 e. The zero-order valence-corrected chi connectivity index (χ0v) is 9.86. The average Bonchev–Trinajstić information content (AvgIpc) is 2.33. The molecule has 0 aliphatic rings. The van der Waals surface area contributed by atoms with Gasteiger partial charge in [0.05, 0.1) is 0 Å². The van der Waals surface area contributed by atoms with Crippen LogP contribution in [0.2, 0.25) is 0 Å². The molecule has 0 fully saturated rings. The molecule has 1 rings (SSSR count). The Kier molecular flexibility index (Phi) is 5.38. The standard InChI is InChI=1S/C13H18N2O/c1-3-8-15-11(2)12-5-4-6-13(10-12)16-9-7-14/h4-6,10-11,15H,3,8-9H2,1-2H3. The van der Waals surface area contributed by atoms with Gasteiger partial charge < -0.3 is 10.1 Å². The lowest BCUT2D eigenvalue weighted by atomic mass is 10.1. The highest BCUT2D eigenvalue weighted by Gasteiger charge is 2.04. The van der Waals surface area contributed by atoms with Crippen LogP contribution >= 0.6 is 0 Å². The van der Waals surface area contributed by atoms with E-state index < -0.39 is 0 Å². The Labute approximate surface area is 97.0 Å². The molecule has 0 bridgehead atoms. The zero-order valence-electron chi connectivity index (χ0n) is 9.86. The smallest absolute Gasteiger partial charge is 0.174 e. The van der Waals surface area contributed by atoms with Gasteiger partial charge in [-0.25, -0.2) is 0 Å². The van der Waals surface area contributed by atoms with Gasteiger partial charge in [-0.2, -0.15) is 5.26 Å². The van der Waals surface area contributed by atoms with Gasteiger partial charge in [-0.05, 0) is 37.6 Å². The maximum atomic E-state index is 8.43. The van der Waals surface area contributed by atoms with Gasteiger partial charge in [0.15, 0.2) is 6.61 Å². The first-order chi connectivity index (χ1) is 7.77. The van der Waals surface area contributed by atoms with Gasteiger partial charge in [-0.15, -0.1) is 0 Å². The summed E-state index contributed by atoms with van der Waals surface area (Å²) in [5.41, 5.74) is 1.18. The number of nitrogens with one attached hydrogen (secondary N) is 1. The third kappa shape index (κ3) is 3.92. The van der Waals surface area contributed by atoms with Crippen molar-refractivity contribution >= 4 is 0 Å². The minimum absolute atomic E-state index is 0.0974. The van der Waals surface area contributed by atoms with Crippen molar-refractivity contribution in [2.45, 2.75) is 26.3 Å². The van der Waals surface area contributed by atoms with E-state index in [1.165, 1.54) is 5.56 Å². The number of benzene rings is 1. The van der Waals surface area contributed by atoms with E-state index in [0.717, 1.165) is 18.7 Å². The van der Waals surface area contributed by atoms with Crippen molar-refractivity contribution < 1.29 is 4.74 Å². The molecule has 3 nitrogen and oxygen atoms in total. The first-order valence-electron chi connectivity index (χ1n) is 5.61. The molecule has 1 N–H and O–H groups in total. The van der Waals surface area contributed by atoms with Crippen LogP contribution in [0, 0.1) is 11.3 Å². The fourth-order valence-electron chi connectivity index (χ4n) is 1.47. The molecule has 1 unspecified atom stereocenters. The number of rotatable bonds is 6. The van der Waals surface area contributed by atoms with Crippen molar-refractivity contribution in [1.29, 1.82) is 5.26 Å². The van der Waals surface area contributed by atoms with Gasteiger partial charge in [-0.1, -0.05) is 19.1 Å². The van der Waals surface area contributed by atoms with Crippen LogP contribution in [0.25, 0.3) is 0 Å². The Morgan fingerprint density at radius 2 is 2.31 bits per heavy atom. The molecule has 0 heterocycles. The molecule has 0 saturated heterocycles. The number of hydrogen-bond acceptors (Lipinski definition) is 3. The van der Waals surface area contributed by atoms with Crippen molar-refractivity contribution in [1.82, 2.24) is 5.32 Å². The van der Waals surface area contributed by atoms with Gasteiger partial charge in [0.25, 0.3) is 0 Å². The SMILES string of the molecule is CCCNC(C)c1cccc(OCC#N)c1. The Morgan fingerprint density at radius 1 is 1.50 bits per heavy atom. The predicted octanol–water partition coefficient (Wildman–Crippen LogP) is 2.65. The molecular weight excluding hydrogens is 200 g/mol. The van der Waals surface area contributed by atoms with E-state index in [-0.39, 0.29) is 6.61 Å². The Bertz CT molecular complexity index is 357. The van der Waals surface area contributed by atoms with E-state index in [0.29, 0.717) is 6.04 Å². The molecule has 86 valence electrons. The van der Waals surface area contributed by atoms with Crippen LogP contribution < -0.4 is 10.1 Å². The third-order valence-corrected chi connectivity index (χ3v) is 2.36. The molecular formula is C13H18N2O. The van der Waals surface area contributed by atoms with Gasteiger partial charge in [0.2, 0.25) is 0 Å². The van der Waals surface area contributed by atoms with Crippen LogP contribution in [0.1, 0.15) is 31.9 Å². The Balaban J connectivity index is 2.62. The highest BCUT2D eigenvalue weighted by Crippen LogP contribution is 2.18. The van der Waals surface area contributed by atoms with E-state index in [1.807, 2.05) is 24.3 Å². The molecule has 16 heavy (non-hydrogen) atoms. The molecule has 1 atom stereocenters. The van der Waals surface area contributed by atoms with E-state index in [4.69, 9.17) is 10.00 Å². The highest BCUT2D eigenvalue weighted by atomic mass is 16.5. The minimum Gasteiger partial charge on any atom is -0.479 e. The summed E-state index contributed by atoms with van der Waals surface area (Å²) in [5, 5.41) is 11.8. The molecule has 0 aliphatic heterocycles. The number of hydrogen-bond donors (Lipinski definition) is 1. The molecule has 0 aromatic heterocycles. The fraction of sp³-hybridized carbons (Fsp3) is 0.462. The van der Waals surface area contributed by atoms with Gasteiger partial charge in [0.1, 0.15) is 11.8 Å². The lowest BCUT2D eigenvalue weighted by Crippen LogP contribution is -2.19. The highest BCUT2D eigenvalue weighted by molar-refractivity contribution is 5.30. The molecule has 0 saturated carbocycles. The van der Waals surface area contributed by atoms with Crippen LogP contribution in [0.3, 0.4) is 0 Å². The molecule has 1 aromatic rings. The van der Waals surface area contributed by atoms with E-state index >= 15 is 0 Å². The fourth-order valence-corrected chi connectivity index (χ4v) is 1.47. The molecule has 0 aliphatic carbocycles. The Morgan fingerprint density at radius 3 is 3.00 bits per heavy atom. The van der Waals surface area contributed by atoms with Crippen LogP contribution in [0.4, 0.5) is 0 Å². The van der Waals surface area contributed by atoms with Crippen LogP contribution in [0.15, 0.2) is 24.3 Å². The summed E-state index contributed by atoms with van der Waals surface area (Å²) in [7, 11) is 0. The van der Waals surface area contributed by atoms with Crippen molar-refractivity contribution in [3.8, 4) is 11.8 Å². The first-order valence-corrected chi connectivity index (χ1v) is 5.61. The molecule has 3 heteroatoms. The van der Waals surface area contributed by atoms with E-state index in [9.17, 15) is 0 Å². The Hall–Kier alpha value is -1.53. The zero-order chi connectivity index (χ0) is 11.8. The summed E-state index contributed by atoms with van der Waals surface area (Å²) in [4.78, 5) is 0. The molecule has 0 radical (unpaired) electrons. The monoisotopic (exact) mass is 218 g/mol. The summed E-state index contributed by atoms with van der Waals surface area (Å²) < 4.78 is 5.26. The normalized spacial score (nSPS) is 11.8. The topological polar surface area (TPSA) is 45.0 Å². The first kappa shape index (κ1) is 12.5. The van der Waals surface area contributed by atoms with Crippen LogP contribution in [-0.2, 0) is 0 Å². The van der Waals surface area contributed by atoms with Gasteiger partial charge in [0, 0.05) is 6.04 Å². The maximum Gasteiger partial charge on any atom is 0.174 e. The van der Waals surface area contributed by atoms with E-state index in [2.05, 4.69) is 25.2 Å². The quantitative estimate of drug-likeness (QED) is 0.798. The van der Waals surface area contributed by atoms with Crippen LogP contribution in [0.5, 0.6) is 5.75 Å². The number of nitriles is 1. The van der Waals surface area contributed by atoms with Crippen molar-refractivity contribution in [2.24, 2.45) is 0 Å². The second kappa shape index (κ2) is 6.86. The third-order valence-electron chi connectivity index (χ3n) is 2.36. The van der Waals surface area contributed by atoms with Gasteiger partial charge >= 0.3 is 0 Å². The maximum absolute atomic E-state index is 8.43. The second-order valence-corrected chi connectivity index (χ2v) is 3.70. The average molecular weight is 218 g/mol. The summed E-state index contributed by atoms with van der Waals surface area (Å²) in [6, 6.07) is 10.1. The second-order valence-electron chi connectivity index (χ2n) is 3.70. The summed E-state index contributed by atoms with van der Waals surface area (Å²) in [5.74, 6) is 0.754. The molecule has 0 amide bonds. The summed E-state index contributed by atoms with van der Waals surface area (Å²) in [6.07, 6.45) is 1.12. The minimum atomic E-state index is 0.0974. The lowest BCUT2D eigenvalue weighted by molar-refractivity contribution is 0.367. The van der Waals surface area contributed by atoms with Crippen molar-refractivity contribution in [2.75, 3.05) is 13.2 Å². The van der Waals surface area contributed by atoms with Crippen LogP contribution in [-0.4, -0.2) is 13.2 Å². The predicted molar refractivity (Wildman–Crippen MR) is 64.3 cm³/mol.